The molecule has 1 saturated heterocycles. The van der Waals surface area contributed by atoms with Crippen molar-refractivity contribution < 1.29 is 22.3 Å². The van der Waals surface area contributed by atoms with Crippen molar-refractivity contribution in [3.8, 4) is 5.75 Å². The second-order valence-corrected chi connectivity index (χ2v) is 7.64. The maximum absolute atomic E-state index is 13.8. The largest absolute Gasteiger partial charge is 0.494 e. The first-order valence-electron chi connectivity index (χ1n) is 8.17. The number of nitrogens with zero attached hydrogens (tertiary/aromatic N) is 1. The van der Waals surface area contributed by atoms with Gasteiger partial charge >= 0.3 is 0 Å². The second kappa shape index (κ2) is 7.33. The van der Waals surface area contributed by atoms with Crippen LogP contribution in [0.15, 0.2) is 47.4 Å². The van der Waals surface area contributed by atoms with Gasteiger partial charge in [0.05, 0.1) is 17.7 Å². The Labute approximate surface area is 151 Å². The van der Waals surface area contributed by atoms with Crippen LogP contribution in [0.2, 0.25) is 0 Å². The minimum Gasteiger partial charge on any atom is -0.494 e. The van der Waals surface area contributed by atoms with E-state index in [0.29, 0.717) is 24.3 Å². The number of piperidine rings is 1. The molecule has 26 heavy (non-hydrogen) atoms. The number of halogens is 1. The molecule has 0 aliphatic carbocycles. The highest BCUT2D eigenvalue weighted by atomic mass is 32.2. The molecule has 0 unspecified atom stereocenters. The molecule has 2 aromatic rings. The first-order chi connectivity index (χ1) is 12.4. The summed E-state index contributed by atoms with van der Waals surface area (Å²) in [6.45, 7) is 0.610. The van der Waals surface area contributed by atoms with Crippen molar-refractivity contribution in [3.63, 3.8) is 0 Å². The molecule has 1 heterocycles. The molecule has 0 spiro atoms. The van der Waals surface area contributed by atoms with Crippen LogP contribution in [0, 0.1) is 5.82 Å². The molecule has 8 heteroatoms. The van der Waals surface area contributed by atoms with E-state index in [-0.39, 0.29) is 16.6 Å². The van der Waals surface area contributed by atoms with Gasteiger partial charge in [-0.2, -0.15) is 0 Å². The Morgan fingerprint density at radius 2 is 1.96 bits per heavy atom. The molecule has 138 valence electrons. The number of rotatable bonds is 5. The molecule has 0 radical (unpaired) electrons. The molecule has 6 nitrogen and oxygen atoms in total. The lowest BCUT2D eigenvalue weighted by molar-refractivity contribution is -0.119. The predicted molar refractivity (Wildman–Crippen MR) is 96.4 cm³/mol. The average molecular weight is 378 g/mol. The molecule has 1 aliphatic heterocycles. The number of methoxy groups -OCH3 is 1. The monoisotopic (exact) mass is 378 g/mol. The number of amides is 1. The van der Waals surface area contributed by atoms with E-state index in [0.717, 1.165) is 18.9 Å². The summed E-state index contributed by atoms with van der Waals surface area (Å²) in [5.41, 5.74) is 0.938. The van der Waals surface area contributed by atoms with Crippen LogP contribution in [-0.4, -0.2) is 28.0 Å². The van der Waals surface area contributed by atoms with Gasteiger partial charge in [-0.15, -0.1) is 0 Å². The zero-order valence-corrected chi connectivity index (χ0v) is 15.1. The highest BCUT2D eigenvalue weighted by Crippen LogP contribution is 2.26. The Bertz CT molecular complexity index is 931. The van der Waals surface area contributed by atoms with Gasteiger partial charge in [-0.05, 0) is 49.2 Å². The van der Waals surface area contributed by atoms with Gasteiger partial charge in [0.15, 0.2) is 11.6 Å². The maximum Gasteiger partial charge on any atom is 0.262 e. The van der Waals surface area contributed by atoms with Gasteiger partial charge in [-0.25, -0.2) is 12.8 Å². The van der Waals surface area contributed by atoms with Crippen LogP contribution in [0.5, 0.6) is 5.75 Å². The van der Waals surface area contributed by atoms with Gasteiger partial charge in [0, 0.05) is 18.7 Å². The Morgan fingerprint density at radius 3 is 2.65 bits per heavy atom. The lowest BCUT2D eigenvalue weighted by atomic mass is 10.1. The third-order valence-corrected chi connectivity index (χ3v) is 5.55. The van der Waals surface area contributed by atoms with Gasteiger partial charge in [-0.1, -0.05) is 6.07 Å². The number of ether oxygens (including phenoxy) is 1. The van der Waals surface area contributed by atoms with Crippen molar-refractivity contribution in [1.82, 2.24) is 0 Å². The number of nitrogens with one attached hydrogen (secondary N) is 1. The van der Waals surface area contributed by atoms with Gasteiger partial charge in [0.25, 0.3) is 10.0 Å². The Kier molecular flexibility index (Phi) is 5.13. The van der Waals surface area contributed by atoms with Crippen LogP contribution in [0.3, 0.4) is 0 Å². The molecule has 1 aliphatic rings. The second-order valence-electron chi connectivity index (χ2n) is 5.95. The van der Waals surface area contributed by atoms with E-state index in [1.54, 1.807) is 29.2 Å². The summed E-state index contributed by atoms with van der Waals surface area (Å²) in [5.74, 6) is -0.772. The first kappa shape index (κ1) is 18.2. The summed E-state index contributed by atoms with van der Waals surface area (Å²) in [6, 6.07) is 10.0. The fourth-order valence-electron chi connectivity index (χ4n) is 2.84. The van der Waals surface area contributed by atoms with Crippen LogP contribution >= 0.6 is 0 Å². The zero-order valence-electron chi connectivity index (χ0n) is 14.2. The maximum atomic E-state index is 13.8. The SMILES string of the molecule is COc1ccc(S(=O)(=O)Nc2cccc(N3CCCCC3=O)c2)cc1F. The molecule has 0 atom stereocenters. The molecule has 1 fully saturated rings. The topological polar surface area (TPSA) is 75.7 Å². The lowest BCUT2D eigenvalue weighted by Gasteiger charge is -2.27. The zero-order chi connectivity index (χ0) is 18.7. The van der Waals surface area contributed by atoms with Crippen molar-refractivity contribution in [1.29, 1.82) is 0 Å². The van der Waals surface area contributed by atoms with Crippen LogP contribution in [0.1, 0.15) is 19.3 Å². The fraction of sp³-hybridized carbons (Fsp3) is 0.278. The Morgan fingerprint density at radius 1 is 1.15 bits per heavy atom. The minimum absolute atomic E-state index is 0.0217. The highest BCUT2D eigenvalue weighted by molar-refractivity contribution is 7.92. The van der Waals surface area contributed by atoms with Crippen LogP contribution in [0.4, 0.5) is 15.8 Å². The van der Waals surface area contributed by atoms with Gasteiger partial charge in [0.1, 0.15) is 0 Å². The highest BCUT2D eigenvalue weighted by Gasteiger charge is 2.21. The van der Waals surface area contributed by atoms with Crippen molar-refractivity contribution in [3.05, 3.63) is 48.3 Å². The normalized spacial score (nSPS) is 15.0. The molecule has 0 bridgehead atoms. The predicted octanol–water partition coefficient (Wildman–Crippen LogP) is 3.15. The van der Waals surface area contributed by atoms with Crippen molar-refractivity contribution in [2.75, 3.05) is 23.3 Å². The number of sulfonamides is 1. The summed E-state index contributed by atoms with van der Waals surface area (Å²) in [4.78, 5) is 13.5. The summed E-state index contributed by atoms with van der Waals surface area (Å²) in [6.07, 6.45) is 2.26. The Balaban J connectivity index is 1.85. The van der Waals surface area contributed by atoms with E-state index < -0.39 is 15.8 Å². The average Bonchev–Trinajstić information content (AvgIpc) is 2.62. The van der Waals surface area contributed by atoms with E-state index in [2.05, 4.69) is 4.72 Å². The summed E-state index contributed by atoms with van der Waals surface area (Å²) in [5, 5.41) is 0. The van der Waals surface area contributed by atoms with E-state index >= 15 is 0 Å². The van der Waals surface area contributed by atoms with Crippen molar-refractivity contribution in [2.45, 2.75) is 24.2 Å². The molecule has 1 N–H and O–H groups in total. The van der Waals surface area contributed by atoms with Crippen molar-refractivity contribution in [2.24, 2.45) is 0 Å². The molecule has 2 aromatic carbocycles. The number of hydrogen-bond acceptors (Lipinski definition) is 4. The fourth-order valence-corrected chi connectivity index (χ4v) is 3.91. The third kappa shape index (κ3) is 3.80. The number of benzene rings is 2. The summed E-state index contributed by atoms with van der Waals surface area (Å²) in [7, 11) is -2.67. The number of carbonyl (C=O) groups excluding carboxylic acids is 1. The Hall–Kier alpha value is -2.61. The van der Waals surface area contributed by atoms with Gasteiger partial charge in [0.2, 0.25) is 5.91 Å². The smallest absolute Gasteiger partial charge is 0.262 e. The third-order valence-electron chi connectivity index (χ3n) is 4.17. The van der Waals surface area contributed by atoms with Gasteiger partial charge < -0.3 is 9.64 Å². The minimum atomic E-state index is -3.97. The number of anilines is 2. The van der Waals surface area contributed by atoms with E-state index in [9.17, 15) is 17.6 Å². The van der Waals surface area contributed by atoms with Crippen LogP contribution in [-0.2, 0) is 14.8 Å². The lowest BCUT2D eigenvalue weighted by Crippen LogP contribution is -2.35. The first-order valence-corrected chi connectivity index (χ1v) is 9.66. The summed E-state index contributed by atoms with van der Waals surface area (Å²) < 4.78 is 46.0. The van der Waals surface area contributed by atoms with E-state index in [1.165, 1.54) is 19.2 Å². The van der Waals surface area contributed by atoms with Crippen molar-refractivity contribution >= 4 is 27.3 Å². The van der Waals surface area contributed by atoms with E-state index in [1.807, 2.05) is 0 Å². The van der Waals surface area contributed by atoms with E-state index in [4.69, 9.17) is 4.74 Å². The molecule has 0 saturated carbocycles. The molecular weight excluding hydrogens is 359 g/mol. The molecule has 0 aromatic heterocycles. The molecular formula is C18H19FN2O4S. The number of carbonyl (C=O) groups is 1. The standard InChI is InChI=1S/C18H19FN2O4S/c1-25-17-9-8-15(12-16(17)19)26(23,24)20-13-5-4-6-14(11-13)21-10-3-2-7-18(21)22/h4-6,8-9,11-12,20H,2-3,7,10H2,1H3. The quantitative estimate of drug-likeness (QED) is 0.867. The molecule has 1 amide bonds. The summed E-state index contributed by atoms with van der Waals surface area (Å²) >= 11 is 0. The number of hydrogen-bond donors (Lipinski definition) is 1. The van der Waals surface area contributed by atoms with Crippen LogP contribution < -0.4 is 14.4 Å². The van der Waals surface area contributed by atoms with Crippen LogP contribution in [0.25, 0.3) is 0 Å². The molecule has 3 rings (SSSR count). The van der Waals surface area contributed by atoms with Gasteiger partial charge in [-0.3, -0.25) is 9.52 Å².